The third-order valence-electron chi connectivity index (χ3n) is 1.93. The van der Waals surface area contributed by atoms with Gasteiger partial charge in [-0.25, -0.2) is 4.79 Å². The summed E-state index contributed by atoms with van der Waals surface area (Å²) in [5.74, 6) is -0.536. The highest BCUT2D eigenvalue weighted by atomic mass is 32.1. The first kappa shape index (κ1) is 11.6. The number of esters is 1. The summed E-state index contributed by atoms with van der Waals surface area (Å²) in [5, 5.41) is 17.8. The Kier molecular flexibility index (Phi) is 3.72. The van der Waals surface area contributed by atoms with Crippen molar-refractivity contribution in [3.05, 3.63) is 28.8 Å². The van der Waals surface area contributed by atoms with Crippen molar-refractivity contribution in [3.63, 3.8) is 0 Å². The highest BCUT2D eigenvalue weighted by Crippen LogP contribution is 2.21. The van der Waals surface area contributed by atoms with Crippen molar-refractivity contribution in [1.29, 1.82) is 5.26 Å². The van der Waals surface area contributed by atoms with E-state index in [1.54, 1.807) is 0 Å². The van der Waals surface area contributed by atoms with Crippen molar-refractivity contribution in [3.8, 4) is 6.07 Å². The zero-order valence-electron chi connectivity index (χ0n) is 8.02. The van der Waals surface area contributed by atoms with E-state index in [2.05, 4.69) is 17.4 Å². The number of thiol groups is 1. The molecule has 0 fully saturated rings. The Bertz CT molecular complexity index is 437. The molecule has 0 unspecified atom stereocenters. The van der Waals surface area contributed by atoms with Gasteiger partial charge in [-0.15, -0.1) is 12.6 Å². The van der Waals surface area contributed by atoms with Gasteiger partial charge in [0.2, 0.25) is 0 Å². The highest BCUT2D eigenvalue weighted by molar-refractivity contribution is 7.80. The van der Waals surface area contributed by atoms with Crippen LogP contribution in [0.4, 0.5) is 0 Å². The van der Waals surface area contributed by atoms with Crippen molar-refractivity contribution in [1.82, 2.24) is 0 Å². The molecule has 78 valence electrons. The van der Waals surface area contributed by atoms with Crippen LogP contribution in [-0.2, 0) is 11.3 Å². The Morgan fingerprint density at radius 3 is 2.80 bits per heavy atom. The molecule has 0 heterocycles. The quantitative estimate of drug-likeness (QED) is 0.582. The third-order valence-corrected chi connectivity index (χ3v) is 2.33. The summed E-state index contributed by atoms with van der Waals surface area (Å²) in [6.07, 6.45) is 0. The summed E-state index contributed by atoms with van der Waals surface area (Å²) in [4.78, 5) is 11.6. The molecule has 0 spiro atoms. The molecule has 0 amide bonds. The van der Waals surface area contributed by atoms with Gasteiger partial charge in [0.25, 0.3) is 0 Å². The predicted octanol–water partition coefficient (Wildman–Crippen LogP) is 1.13. The first-order valence-corrected chi connectivity index (χ1v) is 4.54. The molecule has 15 heavy (non-hydrogen) atoms. The van der Waals surface area contributed by atoms with Crippen LogP contribution in [0.5, 0.6) is 0 Å². The third kappa shape index (κ3) is 2.29. The van der Waals surface area contributed by atoms with Crippen molar-refractivity contribution in [2.45, 2.75) is 11.5 Å². The first-order chi connectivity index (χ1) is 7.13. The fourth-order valence-electron chi connectivity index (χ4n) is 1.16. The molecule has 1 aromatic rings. The Morgan fingerprint density at radius 1 is 1.67 bits per heavy atom. The lowest BCUT2D eigenvalue weighted by Crippen LogP contribution is -2.04. The molecule has 0 saturated heterocycles. The second-order valence-corrected chi connectivity index (χ2v) is 3.26. The lowest BCUT2D eigenvalue weighted by molar-refractivity contribution is 0.0600. The second kappa shape index (κ2) is 4.82. The highest BCUT2D eigenvalue weighted by Gasteiger charge is 2.12. The van der Waals surface area contributed by atoms with E-state index in [-0.39, 0.29) is 17.7 Å². The minimum atomic E-state index is -0.536. The Labute approximate surface area is 92.5 Å². The average Bonchev–Trinajstić information content (AvgIpc) is 2.26. The van der Waals surface area contributed by atoms with Crippen LogP contribution < -0.4 is 0 Å². The maximum absolute atomic E-state index is 11.2. The molecule has 0 atom stereocenters. The molecule has 1 N–H and O–H groups in total. The van der Waals surface area contributed by atoms with Crippen molar-refractivity contribution in [2.24, 2.45) is 0 Å². The van der Waals surface area contributed by atoms with Crippen molar-refractivity contribution in [2.75, 3.05) is 7.11 Å². The van der Waals surface area contributed by atoms with Crippen LogP contribution in [0.15, 0.2) is 17.0 Å². The van der Waals surface area contributed by atoms with E-state index in [1.807, 2.05) is 6.07 Å². The van der Waals surface area contributed by atoms with Gasteiger partial charge in [0.15, 0.2) is 0 Å². The number of nitrogens with zero attached hydrogens (tertiary/aromatic N) is 1. The molecule has 0 aromatic heterocycles. The molecule has 0 aliphatic carbocycles. The number of aliphatic hydroxyl groups excluding tert-OH is 1. The van der Waals surface area contributed by atoms with Gasteiger partial charge in [-0.05, 0) is 12.1 Å². The maximum Gasteiger partial charge on any atom is 0.337 e. The smallest absolute Gasteiger partial charge is 0.337 e. The van der Waals surface area contributed by atoms with Gasteiger partial charge in [-0.1, -0.05) is 0 Å². The van der Waals surface area contributed by atoms with Crippen LogP contribution >= 0.6 is 12.6 Å². The van der Waals surface area contributed by atoms with E-state index in [9.17, 15) is 4.79 Å². The van der Waals surface area contributed by atoms with Gasteiger partial charge in [0, 0.05) is 10.5 Å². The number of carbonyl (C=O) groups is 1. The Morgan fingerprint density at radius 2 is 2.33 bits per heavy atom. The van der Waals surface area contributed by atoms with Crippen LogP contribution in [0, 0.1) is 11.3 Å². The van der Waals surface area contributed by atoms with Gasteiger partial charge in [0.05, 0.1) is 30.9 Å². The van der Waals surface area contributed by atoms with Crippen molar-refractivity contribution < 1.29 is 14.6 Å². The molecule has 5 heteroatoms. The molecule has 0 radical (unpaired) electrons. The minimum absolute atomic E-state index is 0.227. The Hall–Kier alpha value is -1.51. The molecule has 0 aliphatic heterocycles. The number of aliphatic hydroxyl groups is 1. The van der Waals surface area contributed by atoms with Gasteiger partial charge in [-0.3, -0.25) is 0 Å². The number of ether oxygens (including phenoxy) is 1. The number of carbonyl (C=O) groups excluding carboxylic acids is 1. The summed E-state index contributed by atoms with van der Waals surface area (Å²) >= 11 is 4.09. The fourth-order valence-corrected chi connectivity index (χ4v) is 1.49. The molecular formula is C10H9NO3S. The normalized spacial score (nSPS) is 9.47. The average molecular weight is 223 g/mol. The second-order valence-electron chi connectivity index (χ2n) is 2.78. The lowest BCUT2D eigenvalue weighted by Gasteiger charge is -2.06. The first-order valence-electron chi connectivity index (χ1n) is 4.09. The van der Waals surface area contributed by atoms with Crippen LogP contribution in [0.2, 0.25) is 0 Å². The molecule has 0 aliphatic rings. The SMILES string of the molecule is COC(=O)c1cc(S)c(CO)c(C#N)c1. The monoisotopic (exact) mass is 223 g/mol. The molecular weight excluding hydrogens is 214 g/mol. The van der Waals surface area contributed by atoms with Crippen LogP contribution in [0.1, 0.15) is 21.5 Å². The van der Waals surface area contributed by atoms with E-state index in [0.29, 0.717) is 10.5 Å². The van der Waals surface area contributed by atoms with Gasteiger partial charge < -0.3 is 9.84 Å². The lowest BCUT2D eigenvalue weighted by atomic mass is 10.1. The van der Waals surface area contributed by atoms with Crippen LogP contribution in [0.3, 0.4) is 0 Å². The number of benzene rings is 1. The zero-order valence-corrected chi connectivity index (χ0v) is 8.91. The van der Waals surface area contributed by atoms with E-state index >= 15 is 0 Å². The summed E-state index contributed by atoms with van der Waals surface area (Å²) in [5.41, 5.74) is 0.884. The standard InChI is InChI=1S/C10H9NO3S/c1-14-10(13)6-2-7(4-11)8(5-12)9(15)3-6/h2-3,12,15H,5H2,1H3. The van der Waals surface area contributed by atoms with E-state index in [4.69, 9.17) is 10.4 Å². The summed E-state index contributed by atoms with van der Waals surface area (Å²) in [7, 11) is 1.26. The van der Waals surface area contributed by atoms with Crippen molar-refractivity contribution >= 4 is 18.6 Å². The van der Waals surface area contributed by atoms with Crippen LogP contribution in [-0.4, -0.2) is 18.2 Å². The van der Waals surface area contributed by atoms with Gasteiger partial charge in [0.1, 0.15) is 0 Å². The summed E-state index contributed by atoms with van der Waals surface area (Å²) < 4.78 is 4.52. The number of hydrogen-bond acceptors (Lipinski definition) is 5. The van der Waals surface area contributed by atoms with E-state index in [1.165, 1.54) is 19.2 Å². The summed E-state index contributed by atoms with van der Waals surface area (Å²) in [6, 6.07) is 4.72. The summed E-state index contributed by atoms with van der Waals surface area (Å²) in [6.45, 7) is -0.289. The van der Waals surface area contributed by atoms with Gasteiger partial charge in [-0.2, -0.15) is 5.26 Å². The topological polar surface area (TPSA) is 70.3 Å². The number of nitriles is 1. The predicted molar refractivity (Wildman–Crippen MR) is 55.7 cm³/mol. The van der Waals surface area contributed by atoms with Crippen LogP contribution in [0.25, 0.3) is 0 Å². The number of rotatable bonds is 2. The maximum atomic E-state index is 11.2. The van der Waals surface area contributed by atoms with Gasteiger partial charge >= 0.3 is 5.97 Å². The number of methoxy groups -OCH3 is 1. The molecule has 0 saturated carbocycles. The van der Waals surface area contributed by atoms with E-state index < -0.39 is 5.97 Å². The Balaban J connectivity index is 3.33. The molecule has 0 bridgehead atoms. The fraction of sp³-hybridized carbons (Fsp3) is 0.200. The molecule has 1 rings (SSSR count). The zero-order chi connectivity index (χ0) is 11.4. The van der Waals surface area contributed by atoms with E-state index in [0.717, 1.165) is 0 Å². The molecule has 4 nitrogen and oxygen atoms in total. The largest absolute Gasteiger partial charge is 0.465 e. The minimum Gasteiger partial charge on any atom is -0.465 e. The number of hydrogen-bond donors (Lipinski definition) is 2. The molecule has 1 aromatic carbocycles.